The monoisotopic (exact) mass is 419 g/mol. The van der Waals surface area contributed by atoms with Gasteiger partial charge in [-0.05, 0) is 21.0 Å². The van der Waals surface area contributed by atoms with E-state index in [1.165, 1.54) is 17.1 Å². The molecule has 0 spiro atoms. The zero-order valence-corrected chi connectivity index (χ0v) is 19.0. The van der Waals surface area contributed by atoms with Crippen molar-refractivity contribution in [2.24, 2.45) is 12.0 Å². The molecule has 9 nitrogen and oxygen atoms in total. The molecule has 3 rings (SSSR count). The molecule has 0 aromatic carbocycles. The van der Waals surface area contributed by atoms with Gasteiger partial charge in [-0.3, -0.25) is 9.67 Å². The first-order valence-corrected chi connectivity index (χ1v) is 11.0. The number of nitrogens with zero attached hydrogens (tertiary/aromatic N) is 8. The van der Waals surface area contributed by atoms with Crippen LogP contribution in [0.25, 0.3) is 0 Å². The SMILES string of the molecule is CCNC(=NCC(c1cnn(C)c1)N(C)C)N1CCN(c2nc(CC)ns2)CC1. The Morgan fingerprint density at radius 1 is 1.28 bits per heavy atom. The number of aryl methyl sites for hydroxylation is 2. The molecule has 1 aliphatic heterocycles. The number of hydrogen-bond donors (Lipinski definition) is 1. The van der Waals surface area contributed by atoms with Crippen molar-refractivity contribution in [2.45, 2.75) is 26.3 Å². The molecule has 2 aromatic heterocycles. The standard InChI is InChI=1S/C19H33N9S/c1-6-17-23-19(29-24-17)28-10-8-27(9-11-28)18(20-7-2)21-13-16(25(3)4)15-12-22-26(5)14-15/h12,14,16H,6-11,13H2,1-5H3,(H,20,21). The van der Waals surface area contributed by atoms with Gasteiger partial charge in [0.15, 0.2) is 5.96 Å². The van der Waals surface area contributed by atoms with Crippen molar-refractivity contribution in [3.05, 3.63) is 23.8 Å². The van der Waals surface area contributed by atoms with E-state index < -0.39 is 0 Å². The summed E-state index contributed by atoms with van der Waals surface area (Å²) in [6.45, 7) is 9.47. The van der Waals surface area contributed by atoms with E-state index >= 15 is 0 Å². The van der Waals surface area contributed by atoms with Crippen molar-refractivity contribution >= 4 is 22.6 Å². The van der Waals surface area contributed by atoms with Crippen LogP contribution in [-0.2, 0) is 13.5 Å². The highest BCUT2D eigenvalue weighted by Crippen LogP contribution is 2.20. The smallest absolute Gasteiger partial charge is 0.205 e. The molecule has 1 aliphatic rings. The Bertz CT molecular complexity index is 789. The third-order valence-corrected chi connectivity index (χ3v) is 5.92. The number of anilines is 1. The fourth-order valence-corrected chi connectivity index (χ4v) is 4.21. The number of piperazine rings is 1. The maximum atomic E-state index is 4.97. The Labute approximate surface area is 177 Å². The summed E-state index contributed by atoms with van der Waals surface area (Å²) in [5, 5.41) is 8.82. The zero-order chi connectivity index (χ0) is 20.8. The van der Waals surface area contributed by atoms with E-state index in [4.69, 9.17) is 4.99 Å². The van der Waals surface area contributed by atoms with E-state index in [0.29, 0.717) is 6.54 Å². The molecule has 3 heterocycles. The molecule has 0 saturated carbocycles. The van der Waals surface area contributed by atoms with Gasteiger partial charge in [0.25, 0.3) is 0 Å². The van der Waals surface area contributed by atoms with Crippen molar-refractivity contribution in [1.29, 1.82) is 0 Å². The first kappa shape index (κ1) is 21.5. The Morgan fingerprint density at radius 2 is 2.03 bits per heavy atom. The highest BCUT2D eigenvalue weighted by Gasteiger charge is 2.23. The van der Waals surface area contributed by atoms with Gasteiger partial charge in [0, 0.05) is 69.5 Å². The summed E-state index contributed by atoms with van der Waals surface area (Å²) in [6, 6.07) is 0.201. The highest BCUT2D eigenvalue weighted by molar-refractivity contribution is 7.09. The fraction of sp³-hybridized carbons (Fsp3) is 0.684. The summed E-state index contributed by atoms with van der Waals surface area (Å²) >= 11 is 1.50. The topological polar surface area (TPSA) is 77.7 Å². The lowest BCUT2D eigenvalue weighted by molar-refractivity contribution is 0.303. The number of guanidine groups is 1. The first-order valence-electron chi connectivity index (χ1n) is 10.3. The molecule has 29 heavy (non-hydrogen) atoms. The van der Waals surface area contributed by atoms with Crippen LogP contribution in [0.15, 0.2) is 17.4 Å². The van der Waals surface area contributed by atoms with E-state index in [9.17, 15) is 0 Å². The summed E-state index contributed by atoms with van der Waals surface area (Å²) in [5.74, 6) is 1.92. The lowest BCUT2D eigenvalue weighted by Crippen LogP contribution is -2.52. The second-order valence-corrected chi connectivity index (χ2v) is 8.17. The van der Waals surface area contributed by atoms with Crippen LogP contribution in [0.4, 0.5) is 5.13 Å². The molecule has 160 valence electrons. The summed E-state index contributed by atoms with van der Waals surface area (Å²) < 4.78 is 6.26. The number of rotatable bonds is 7. The van der Waals surface area contributed by atoms with Crippen LogP contribution in [0, 0.1) is 0 Å². The second kappa shape index (κ2) is 10.0. The number of aliphatic imine (C=N–C) groups is 1. The molecule has 0 bridgehead atoms. The predicted molar refractivity (Wildman–Crippen MR) is 119 cm³/mol. The van der Waals surface area contributed by atoms with E-state index in [2.05, 4.69) is 68.6 Å². The molecule has 1 saturated heterocycles. The first-order chi connectivity index (χ1) is 14.0. The number of hydrogen-bond acceptors (Lipinski definition) is 7. The third kappa shape index (κ3) is 5.45. The molecule has 2 aromatic rings. The fourth-order valence-electron chi connectivity index (χ4n) is 3.40. The van der Waals surface area contributed by atoms with Crippen LogP contribution in [0.2, 0.25) is 0 Å². The Kier molecular flexibility index (Phi) is 7.43. The van der Waals surface area contributed by atoms with Crippen LogP contribution in [0.3, 0.4) is 0 Å². The molecular weight excluding hydrogens is 386 g/mol. The lowest BCUT2D eigenvalue weighted by Gasteiger charge is -2.36. The van der Waals surface area contributed by atoms with Crippen LogP contribution < -0.4 is 10.2 Å². The Hall–Kier alpha value is -2.20. The summed E-state index contributed by atoms with van der Waals surface area (Å²) in [4.78, 5) is 16.5. The summed E-state index contributed by atoms with van der Waals surface area (Å²) in [5.41, 5.74) is 1.19. The van der Waals surface area contributed by atoms with Gasteiger partial charge >= 0.3 is 0 Å². The van der Waals surface area contributed by atoms with Gasteiger partial charge in [-0.2, -0.15) is 9.47 Å². The molecular formula is C19H33N9S. The predicted octanol–water partition coefficient (Wildman–Crippen LogP) is 1.22. The Balaban J connectivity index is 1.64. The second-order valence-electron chi connectivity index (χ2n) is 7.44. The zero-order valence-electron chi connectivity index (χ0n) is 18.2. The number of likely N-dealkylation sites (N-methyl/N-ethyl adjacent to an activating group) is 1. The normalized spacial score (nSPS) is 16.6. The van der Waals surface area contributed by atoms with Gasteiger partial charge in [0.05, 0.1) is 18.8 Å². The third-order valence-electron chi connectivity index (χ3n) is 5.11. The van der Waals surface area contributed by atoms with E-state index in [1.54, 1.807) is 0 Å². The van der Waals surface area contributed by atoms with Crippen LogP contribution in [0.1, 0.15) is 31.3 Å². The average Bonchev–Trinajstić information content (AvgIpc) is 3.36. The highest BCUT2D eigenvalue weighted by atomic mass is 32.1. The minimum atomic E-state index is 0.201. The average molecular weight is 420 g/mol. The lowest BCUT2D eigenvalue weighted by atomic mass is 10.1. The van der Waals surface area contributed by atoms with E-state index in [-0.39, 0.29) is 6.04 Å². The van der Waals surface area contributed by atoms with E-state index in [0.717, 1.165) is 56.1 Å². The molecule has 0 aliphatic carbocycles. The maximum absolute atomic E-state index is 4.97. The van der Waals surface area contributed by atoms with Crippen molar-refractivity contribution in [2.75, 3.05) is 58.3 Å². The summed E-state index contributed by atoms with van der Waals surface area (Å²) in [6.07, 6.45) is 4.88. The molecule has 10 heteroatoms. The van der Waals surface area contributed by atoms with Gasteiger partial charge in [-0.15, -0.1) is 0 Å². The molecule has 1 fully saturated rings. The van der Waals surface area contributed by atoms with Gasteiger partial charge in [-0.1, -0.05) is 6.92 Å². The molecule has 0 radical (unpaired) electrons. The van der Waals surface area contributed by atoms with Crippen LogP contribution >= 0.6 is 11.5 Å². The van der Waals surface area contributed by atoms with Gasteiger partial charge in [0.2, 0.25) is 5.13 Å². The molecule has 1 unspecified atom stereocenters. The quantitative estimate of drug-likeness (QED) is 0.534. The summed E-state index contributed by atoms with van der Waals surface area (Å²) in [7, 11) is 6.13. The van der Waals surface area contributed by atoms with Crippen molar-refractivity contribution in [1.82, 2.24) is 34.3 Å². The molecule has 0 amide bonds. The van der Waals surface area contributed by atoms with Crippen LogP contribution in [-0.4, -0.2) is 88.3 Å². The van der Waals surface area contributed by atoms with E-state index in [1.807, 2.05) is 17.9 Å². The van der Waals surface area contributed by atoms with Crippen LogP contribution in [0.5, 0.6) is 0 Å². The largest absolute Gasteiger partial charge is 0.357 e. The van der Waals surface area contributed by atoms with Crippen molar-refractivity contribution in [3.63, 3.8) is 0 Å². The minimum Gasteiger partial charge on any atom is -0.357 e. The van der Waals surface area contributed by atoms with Crippen molar-refractivity contribution < 1.29 is 0 Å². The molecule has 1 atom stereocenters. The number of nitrogens with one attached hydrogen (secondary N) is 1. The number of aromatic nitrogens is 4. The minimum absolute atomic E-state index is 0.201. The van der Waals surface area contributed by atoms with Gasteiger partial charge < -0.3 is 20.0 Å². The molecule has 1 N–H and O–H groups in total. The van der Waals surface area contributed by atoms with Crippen molar-refractivity contribution in [3.8, 4) is 0 Å². The Morgan fingerprint density at radius 3 is 2.59 bits per heavy atom. The van der Waals surface area contributed by atoms with Gasteiger partial charge in [-0.25, -0.2) is 4.98 Å². The maximum Gasteiger partial charge on any atom is 0.205 e. The van der Waals surface area contributed by atoms with Gasteiger partial charge in [0.1, 0.15) is 5.82 Å².